The fraction of sp³-hybridized carbons (Fsp3) is 0.235. The average molecular weight is 268 g/mol. The molecular weight excluding hydrogens is 248 g/mol. The van der Waals surface area contributed by atoms with Crippen molar-refractivity contribution >= 4 is 5.91 Å². The van der Waals surface area contributed by atoms with Gasteiger partial charge in [0.1, 0.15) is 0 Å². The van der Waals surface area contributed by atoms with Gasteiger partial charge >= 0.3 is 0 Å². The molecule has 0 spiro atoms. The lowest BCUT2D eigenvalue weighted by Gasteiger charge is -2.11. The molecule has 3 nitrogen and oxygen atoms in total. The van der Waals surface area contributed by atoms with Crippen molar-refractivity contribution in [1.29, 1.82) is 0 Å². The van der Waals surface area contributed by atoms with E-state index < -0.39 is 0 Å². The lowest BCUT2D eigenvalue weighted by atomic mass is 10.0. The van der Waals surface area contributed by atoms with Crippen LogP contribution < -0.4 is 11.1 Å². The molecule has 0 saturated carbocycles. The van der Waals surface area contributed by atoms with E-state index in [1.54, 1.807) is 0 Å². The maximum Gasteiger partial charge on any atom is 0.251 e. The van der Waals surface area contributed by atoms with Crippen LogP contribution in [0.3, 0.4) is 0 Å². The summed E-state index contributed by atoms with van der Waals surface area (Å²) in [6, 6.07) is 13.7. The molecule has 0 aromatic heterocycles. The molecule has 3 N–H and O–H groups in total. The lowest BCUT2D eigenvalue weighted by Crippen LogP contribution is -2.24. The van der Waals surface area contributed by atoms with Gasteiger partial charge in [0.15, 0.2) is 0 Å². The Labute approximate surface area is 119 Å². The summed E-state index contributed by atoms with van der Waals surface area (Å²) in [6.45, 7) is 4.96. The van der Waals surface area contributed by atoms with Gasteiger partial charge in [-0.1, -0.05) is 36.4 Å². The minimum Gasteiger partial charge on any atom is -0.348 e. The predicted molar refractivity (Wildman–Crippen MR) is 81.4 cm³/mol. The van der Waals surface area contributed by atoms with Gasteiger partial charge in [0, 0.05) is 18.7 Å². The number of hydrogen-bond acceptors (Lipinski definition) is 2. The van der Waals surface area contributed by atoms with Gasteiger partial charge in [-0.3, -0.25) is 4.79 Å². The number of aryl methyl sites for hydroxylation is 1. The van der Waals surface area contributed by atoms with Gasteiger partial charge in [-0.2, -0.15) is 0 Å². The van der Waals surface area contributed by atoms with Crippen LogP contribution in [0.25, 0.3) is 0 Å². The molecule has 0 bridgehead atoms. The molecule has 0 unspecified atom stereocenters. The number of benzene rings is 2. The van der Waals surface area contributed by atoms with Crippen LogP contribution in [0.1, 0.15) is 32.6 Å². The number of nitrogens with two attached hydrogens (primary N) is 1. The van der Waals surface area contributed by atoms with Crippen molar-refractivity contribution in [2.45, 2.75) is 26.9 Å². The van der Waals surface area contributed by atoms with E-state index in [2.05, 4.69) is 5.32 Å². The standard InChI is InChI=1S/C17H20N2O/c1-12-6-5-9-16(13(12)2)17(20)19-11-15-8-4-3-7-14(15)10-18/h3-9H,10-11,18H2,1-2H3,(H,19,20). The Morgan fingerprint density at radius 1 is 1.05 bits per heavy atom. The van der Waals surface area contributed by atoms with Crippen molar-refractivity contribution in [3.63, 3.8) is 0 Å². The fourth-order valence-electron chi connectivity index (χ4n) is 2.20. The summed E-state index contributed by atoms with van der Waals surface area (Å²) in [5.74, 6) is -0.0435. The van der Waals surface area contributed by atoms with Crippen molar-refractivity contribution in [2.75, 3.05) is 0 Å². The molecule has 0 radical (unpaired) electrons. The first-order chi connectivity index (χ1) is 9.63. The molecule has 2 aromatic rings. The summed E-state index contributed by atoms with van der Waals surface area (Å²) in [6.07, 6.45) is 0. The molecular formula is C17H20N2O. The van der Waals surface area contributed by atoms with Crippen molar-refractivity contribution in [3.8, 4) is 0 Å². The Kier molecular flexibility index (Phi) is 4.53. The fourth-order valence-corrected chi connectivity index (χ4v) is 2.20. The Morgan fingerprint density at radius 3 is 2.45 bits per heavy atom. The Morgan fingerprint density at radius 2 is 1.75 bits per heavy atom. The van der Waals surface area contributed by atoms with Crippen molar-refractivity contribution in [1.82, 2.24) is 5.32 Å². The van der Waals surface area contributed by atoms with Crippen LogP contribution in [-0.4, -0.2) is 5.91 Å². The molecule has 0 heterocycles. The van der Waals surface area contributed by atoms with Crippen LogP contribution in [0.5, 0.6) is 0 Å². The molecule has 0 aliphatic heterocycles. The summed E-state index contributed by atoms with van der Waals surface area (Å²) in [5.41, 5.74) is 10.7. The summed E-state index contributed by atoms with van der Waals surface area (Å²) in [4.78, 5) is 12.2. The van der Waals surface area contributed by atoms with Crippen LogP contribution in [0.4, 0.5) is 0 Å². The smallest absolute Gasteiger partial charge is 0.251 e. The molecule has 0 atom stereocenters. The molecule has 3 heteroatoms. The minimum absolute atomic E-state index is 0.0435. The maximum absolute atomic E-state index is 12.2. The molecule has 0 aliphatic carbocycles. The van der Waals surface area contributed by atoms with Gasteiger partial charge in [-0.05, 0) is 42.2 Å². The third-order valence-electron chi connectivity index (χ3n) is 3.63. The highest BCUT2D eigenvalue weighted by Gasteiger charge is 2.10. The first-order valence-corrected chi connectivity index (χ1v) is 6.74. The van der Waals surface area contributed by atoms with Crippen molar-refractivity contribution < 1.29 is 4.79 Å². The molecule has 104 valence electrons. The number of carbonyl (C=O) groups excluding carboxylic acids is 1. The summed E-state index contributed by atoms with van der Waals surface area (Å²) < 4.78 is 0. The van der Waals surface area contributed by atoms with Gasteiger partial charge in [-0.15, -0.1) is 0 Å². The Balaban J connectivity index is 2.11. The van der Waals surface area contributed by atoms with Crippen LogP contribution in [0, 0.1) is 13.8 Å². The van der Waals surface area contributed by atoms with E-state index in [0.717, 1.165) is 27.8 Å². The van der Waals surface area contributed by atoms with E-state index in [9.17, 15) is 4.79 Å². The van der Waals surface area contributed by atoms with Crippen LogP contribution >= 0.6 is 0 Å². The highest BCUT2D eigenvalue weighted by molar-refractivity contribution is 5.95. The molecule has 0 aliphatic rings. The summed E-state index contributed by atoms with van der Waals surface area (Å²) >= 11 is 0. The predicted octanol–water partition coefficient (Wildman–Crippen LogP) is 2.69. The summed E-state index contributed by atoms with van der Waals surface area (Å²) in [5, 5.41) is 2.96. The second-order valence-corrected chi connectivity index (χ2v) is 4.90. The Bertz CT molecular complexity index is 620. The first-order valence-electron chi connectivity index (χ1n) is 6.74. The molecule has 0 saturated heterocycles. The third-order valence-corrected chi connectivity index (χ3v) is 3.63. The third kappa shape index (κ3) is 3.06. The minimum atomic E-state index is -0.0435. The summed E-state index contributed by atoms with van der Waals surface area (Å²) in [7, 11) is 0. The number of amides is 1. The zero-order valence-corrected chi connectivity index (χ0v) is 11.9. The molecule has 2 aromatic carbocycles. The zero-order valence-electron chi connectivity index (χ0n) is 11.9. The van der Waals surface area contributed by atoms with E-state index >= 15 is 0 Å². The van der Waals surface area contributed by atoms with Gasteiger partial charge in [0.05, 0.1) is 0 Å². The van der Waals surface area contributed by atoms with Crippen molar-refractivity contribution in [2.24, 2.45) is 5.73 Å². The molecule has 2 rings (SSSR count). The van der Waals surface area contributed by atoms with E-state index in [-0.39, 0.29) is 5.91 Å². The largest absolute Gasteiger partial charge is 0.348 e. The van der Waals surface area contributed by atoms with Gasteiger partial charge in [0.2, 0.25) is 0 Å². The second-order valence-electron chi connectivity index (χ2n) is 4.90. The van der Waals surface area contributed by atoms with Gasteiger partial charge < -0.3 is 11.1 Å². The average Bonchev–Trinajstić information content (AvgIpc) is 2.48. The molecule has 0 fully saturated rings. The van der Waals surface area contributed by atoms with Gasteiger partial charge in [0.25, 0.3) is 5.91 Å². The Hall–Kier alpha value is -2.13. The van der Waals surface area contributed by atoms with E-state index in [0.29, 0.717) is 13.1 Å². The van der Waals surface area contributed by atoms with Crippen LogP contribution in [0.2, 0.25) is 0 Å². The quantitative estimate of drug-likeness (QED) is 0.895. The number of nitrogens with one attached hydrogen (secondary N) is 1. The van der Waals surface area contributed by atoms with E-state index in [4.69, 9.17) is 5.73 Å². The van der Waals surface area contributed by atoms with E-state index in [1.807, 2.05) is 56.3 Å². The topological polar surface area (TPSA) is 55.1 Å². The molecule has 1 amide bonds. The van der Waals surface area contributed by atoms with Crippen LogP contribution in [-0.2, 0) is 13.1 Å². The highest BCUT2D eigenvalue weighted by Crippen LogP contribution is 2.13. The number of carbonyl (C=O) groups is 1. The normalized spacial score (nSPS) is 10.3. The maximum atomic E-state index is 12.2. The highest BCUT2D eigenvalue weighted by atomic mass is 16.1. The van der Waals surface area contributed by atoms with Crippen LogP contribution in [0.15, 0.2) is 42.5 Å². The molecule has 20 heavy (non-hydrogen) atoms. The zero-order chi connectivity index (χ0) is 14.5. The number of hydrogen-bond donors (Lipinski definition) is 2. The number of rotatable bonds is 4. The van der Waals surface area contributed by atoms with Gasteiger partial charge in [-0.25, -0.2) is 0 Å². The first kappa shape index (κ1) is 14.3. The SMILES string of the molecule is Cc1cccc(C(=O)NCc2ccccc2CN)c1C. The monoisotopic (exact) mass is 268 g/mol. The van der Waals surface area contributed by atoms with Crippen molar-refractivity contribution in [3.05, 3.63) is 70.3 Å². The van der Waals surface area contributed by atoms with E-state index in [1.165, 1.54) is 0 Å². The second kappa shape index (κ2) is 6.35. The lowest BCUT2D eigenvalue weighted by molar-refractivity contribution is 0.0950.